The average Bonchev–Trinajstić information content (AvgIpc) is 2.85. The van der Waals surface area contributed by atoms with Gasteiger partial charge < -0.3 is 10.0 Å². The van der Waals surface area contributed by atoms with E-state index in [0.29, 0.717) is 6.42 Å². The van der Waals surface area contributed by atoms with Gasteiger partial charge in [-0.2, -0.15) is 0 Å². The standard InChI is InChI=1S/C14H20N2O4S/c1-15-21(19,20)12-6-5-11-7-9-16(13(11)10-12)8-3-2-4-14(17)18/h5-6,10,15H,2-4,7-9H2,1H3,(H,17,18). The molecule has 0 aliphatic carbocycles. The second-order valence-corrected chi connectivity index (χ2v) is 6.97. The van der Waals surface area contributed by atoms with Crippen molar-refractivity contribution >= 4 is 21.7 Å². The number of nitrogens with one attached hydrogen (secondary N) is 1. The van der Waals surface area contributed by atoms with Crippen molar-refractivity contribution in [2.45, 2.75) is 30.6 Å². The number of hydrogen-bond acceptors (Lipinski definition) is 4. The van der Waals surface area contributed by atoms with E-state index >= 15 is 0 Å². The smallest absolute Gasteiger partial charge is 0.303 e. The lowest BCUT2D eigenvalue weighted by Crippen LogP contribution is -2.23. The van der Waals surface area contributed by atoms with Crippen LogP contribution >= 0.6 is 0 Å². The molecule has 0 aromatic heterocycles. The molecule has 21 heavy (non-hydrogen) atoms. The van der Waals surface area contributed by atoms with E-state index in [1.54, 1.807) is 12.1 Å². The zero-order valence-corrected chi connectivity index (χ0v) is 12.8. The Morgan fingerprint density at radius 3 is 2.81 bits per heavy atom. The van der Waals surface area contributed by atoms with Crippen LogP contribution in [0.5, 0.6) is 0 Å². The number of aliphatic carboxylic acids is 1. The number of carboxylic acid groups (broad SMARTS) is 1. The normalized spacial score (nSPS) is 14.2. The fourth-order valence-corrected chi connectivity index (χ4v) is 3.27. The van der Waals surface area contributed by atoms with Crippen LogP contribution < -0.4 is 9.62 Å². The van der Waals surface area contributed by atoms with Crippen LogP contribution in [0.4, 0.5) is 5.69 Å². The average molecular weight is 312 g/mol. The van der Waals surface area contributed by atoms with Crippen LogP contribution in [-0.4, -0.2) is 39.6 Å². The Balaban J connectivity index is 2.08. The van der Waals surface area contributed by atoms with Gasteiger partial charge in [0.15, 0.2) is 0 Å². The van der Waals surface area contributed by atoms with E-state index < -0.39 is 16.0 Å². The molecule has 0 atom stereocenters. The Morgan fingerprint density at radius 2 is 2.14 bits per heavy atom. The van der Waals surface area contributed by atoms with Crippen LogP contribution in [0.25, 0.3) is 0 Å². The number of sulfonamides is 1. The molecular formula is C14H20N2O4S. The van der Waals surface area contributed by atoms with E-state index in [1.165, 1.54) is 7.05 Å². The van der Waals surface area contributed by atoms with Gasteiger partial charge in [0.05, 0.1) is 4.90 Å². The Hall–Kier alpha value is -1.60. The number of rotatable bonds is 7. The van der Waals surface area contributed by atoms with Gasteiger partial charge in [0.1, 0.15) is 0 Å². The summed E-state index contributed by atoms with van der Waals surface area (Å²) in [5.41, 5.74) is 2.09. The predicted octanol–water partition coefficient (Wildman–Crippen LogP) is 1.21. The number of benzene rings is 1. The quantitative estimate of drug-likeness (QED) is 0.739. The largest absolute Gasteiger partial charge is 0.481 e. The van der Waals surface area contributed by atoms with Gasteiger partial charge in [-0.05, 0) is 44.0 Å². The highest BCUT2D eigenvalue weighted by Crippen LogP contribution is 2.30. The summed E-state index contributed by atoms with van der Waals surface area (Å²) >= 11 is 0. The van der Waals surface area contributed by atoms with Crippen molar-refractivity contribution in [1.82, 2.24) is 4.72 Å². The fourth-order valence-electron chi connectivity index (χ4n) is 2.52. The molecule has 0 unspecified atom stereocenters. The van der Waals surface area contributed by atoms with E-state index in [0.717, 1.165) is 37.2 Å². The topological polar surface area (TPSA) is 86.7 Å². The molecule has 1 aromatic carbocycles. The van der Waals surface area contributed by atoms with Gasteiger partial charge in [-0.3, -0.25) is 4.79 Å². The molecule has 2 N–H and O–H groups in total. The summed E-state index contributed by atoms with van der Waals surface area (Å²) < 4.78 is 26.0. The molecule has 2 rings (SSSR count). The molecule has 0 saturated carbocycles. The van der Waals surface area contributed by atoms with E-state index in [9.17, 15) is 13.2 Å². The predicted molar refractivity (Wildman–Crippen MR) is 80.1 cm³/mol. The van der Waals surface area contributed by atoms with Crippen molar-refractivity contribution in [3.63, 3.8) is 0 Å². The third-order valence-corrected chi connectivity index (χ3v) is 5.11. The van der Waals surface area contributed by atoms with Gasteiger partial charge in [0.2, 0.25) is 10.0 Å². The molecule has 0 saturated heterocycles. The summed E-state index contributed by atoms with van der Waals surface area (Å²) in [6.45, 7) is 1.61. The SMILES string of the molecule is CNS(=O)(=O)c1ccc2c(c1)N(CCCCC(=O)O)CC2. The maximum atomic E-state index is 11.8. The lowest BCUT2D eigenvalue weighted by atomic mass is 10.2. The summed E-state index contributed by atoms with van der Waals surface area (Å²) in [5.74, 6) is -0.778. The summed E-state index contributed by atoms with van der Waals surface area (Å²) in [4.78, 5) is 12.9. The van der Waals surface area contributed by atoms with Crippen molar-refractivity contribution < 1.29 is 18.3 Å². The van der Waals surface area contributed by atoms with Gasteiger partial charge in [0.25, 0.3) is 0 Å². The Bertz CT molecular complexity index is 628. The lowest BCUT2D eigenvalue weighted by Gasteiger charge is -2.19. The summed E-state index contributed by atoms with van der Waals surface area (Å²) in [7, 11) is -2.04. The highest BCUT2D eigenvalue weighted by molar-refractivity contribution is 7.89. The minimum Gasteiger partial charge on any atom is -0.481 e. The van der Waals surface area contributed by atoms with Gasteiger partial charge in [-0.1, -0.05) is 6.07 Å². The van der Waals surface area contributed by atoms with Gasteiger partial charge in [-0.15, -0.1) is 0 Å². The first kappa shape index (κ1) is 15.8. The van der Waals surface area contributed by atoms with Crippen molar-refractivity contribution in [3.8, 4) is 0 Å². The van der Waals surface area contributed by atoms with Crippen LogP contribution in [0, 0.1) is 0 Å². The van der Waals surface area contributed by atoms with E-state index in [-0.39, 0.29) is 11.3 Å². The molecule has 0 bridgehead atoms. The number of carboxylic acids is 1. The Morgan fingerprint density at radius 1 is 1.38 bits per heavy atom. The third-order valence-electron chi connectivity index (χ3n) is 3.70. The summed E-state index contributed by atoms with van der Waals surface area (Å²) in [5, 5.41) is 8.63. The molecule has 0 amide bonds. The molecule has 6 nitrogen and oxygen atoms in total. The first-order valence-electron chi connectivity index (χ1n) is 6.97. The number of anilines is 1. The molecule has 1 heterocycles. The summed E-state index contributed by atoms with van der Waals surface area (Å²) in [6, 6.07) is 5.18. The molecule has 1 aliphatic heterocycles. The maximum Gasteiger partial charge on any atom is 0.303 e. The second-order valence-electron chi connectivity index (χ2n) is 5.09. The van der Waals surface area contributed by atoms with Crippen molar-refractivity contribution in [2.75, 3.05) is 25.0 Å². The highest BCUT2D eigenvalue weighted by Gasteiger charge is 2.22. The van der Waals surface area contributed by atoms with Crippen LogP contribution in [0.2, 0.25) is 0 Å². The zero-order chi connectivity index (χ0) is 15.5. The monoisotopic (exact) mass is 312 g/mol. The third kappa shape index (κ3) is 3.74. The Kier molecular flexibility index (Phi) is 4.84. The van der Waals surface area contributed by atoms with Crippen molar-refractivity contribution in [1.29, 1.82) is 0 Å². The zero-order valence-electron chi connectivity index (χ0n) is 12.0. The van der Waals surface area contributed by atoms with Crippen LogP contribution in [-0.2, 0) is 21.2 Å². The highest BCUT2D eigenvalue weighted by atomic mass is 32.2. The Labute approximate surface area is 124 Å². The molecule has 1 aromatic rings. The molecule has 0 spiro atoms. The van der Waals surface area contributed by atoms with Gasteiger partial charge >= 0.3 is 5.97 Å². The van der Waals surface area contributed by atoms with Crippen molar-refractivity contribution in [3.05, 3.63) is 23.8 Å². The van der Waals surface area contributed by atoms with Gasteiger partial charge in [-0.25, -0.2) is 13.1 Å². The number of nitrogens with zero attached hydrogens (tertiary/aromatic N) is 1. The number of carbonyl (C=O) groups is 1. The number of unbranched alkanes of at least 4 members (excludes halogenated alkanes) is 1. The molecular weight excluding hydrogens is 292 g/mol. The minimum atomic E-state index is -3.43. The molecule has 0 fully saturated rings. The fraction of sp³-hybridized carbons (Fsp3) is 0.500. The van der Waals surface area contributed by atoms with E-state index in [2.05, 4.69) is 9.62 Å². The van der Waals surface area contributed by atoms with Crippen LogP contribution in [0.3, 0.4) is 0 Å². The van der Waals surface area contributed by atoms with Crippen LogP contribution in [0.1, 0.15) is 24.8 Å². The molecule has 0 radical (unpaired) electrons. The van der Waals surface area contributed by atoms with E-state index in [1.807, 2.05) is 6.07 Å². The lowest BCUT2D eigenvalue weighted by molar-refractivity contribution is -0.137. The number of fused-ring (bicyclic) bond motifs is 1. The summed E-state index contributed by atoms with van der Waals surface area (Å²) in [6.07, 6.45) is 2.49. The molecule has 1 aliphatic rings. The van der Waals surface area contributed by atoms with E-state index in [4.69, 9.17) is 5.11 Å². The molecule has 7 heteroatoms. The molecule has 116 valence electrons. The van der Waals surface area contributed by atoms with Crippen LogP contribution in [0.15, 0.2) is 23.1 Å². The maximum absolute atomic E-state index is 11.8. The first-order valence-corrected chi connectivity index (χ1v) is 8.45. The van der Waals surface area contributed by atoms with Crippen molar-refractivity contribution in [2.24, 2.45) is 0 Å². The minimum absolute atomic E-state index is 0.175. The second kappa shape index (κ2) is 6.44. The number of hydrogen-bond donors (Lipinski definition) is 2. The first-order chi connectivity index (χ1) is 9.94. The van der Waals surface area contributed by atoms with Gasteiger partial charge in [0, 0.05) is 25.2 Å².